The number of fused-ring (bicyclic) bond motifs is 3. The van der Waals surface area contributed by atoms with Crippen LogP contribution in [0.15, 0.2) is 40.8 Å². The SMILES string of the molecule is CC(=O)O[C@@H]1C[C@@]2(O)[C@H](C)CC[C@@H]([C@H](C)CN3C4CCC3CC(Sc3ccc(F)cc3)C4)[C@H]2C=C1C. The van der Waals surface area contributed by atoms with E-state index >= 15 is 0 Å². The fourth-order valence-corrected chi connectivity index (χ4v) is 9.11. The lowest BCUT2D eigenvalue weighted by Gasteiger charge is -2.53. The zero-order valence-electron chi connectivity index (χ0n) is 22.2. The first-order chi connectivity index (χ1) is 17.1. The summed E-state index contributed by atoms with van der Waals surface area (Å²) in [6.07, 6.45) is 9.55. The van der Waals surface area contributed by atoms with Crippen LogP contribution < -0.4 is 0 Å². The Bertz CT molecular complexity index is 969. The Balaban J connectivity index is 1.25. The zero-order valence-corrected chi connectivity index (χ0v) is 23.0. The Kier molecular flexibility index (Phi) is 7.59. The van der Waals surface area contributed by atoms with Crippen molar-refractivity contribution in [2.24, 2.45) is 23.7 Å². The topological polar surface area (TPSA) is 49.8 Å². The van der Waals surface area contributed by atoms with E-state index in [-0.39, 0.29) is 29.7 Å². The largest absolute Gasteiger partial charge is 0.458 e. The molecule has 36 heavy (non-hydrogen) atoms. The molecule has 1 saturated carbocycles. The molecular formula is C30H42FNO3S. The van der Waals surface area contributed by atoms with Crippen molar-refractivity contribution in [3.63, 3.8) is 0 Å². The lowest BCUT2D eigenvalue weighted by Crippen LogP contribution is -2.56. The summed E-state index contributed by atoms with van der Waals surface area (Å²) in [6.45, 7) is 9.15. The van der Waals surface area contributed by atoms with Crippen molar-refractivity contribution in [3.05, 3.63) is 41.7 Å². The molecule has 2 saturated heterocycles. The van der Waals surface area contributed by atoms with Crippen LogP contribution in [0.25, 0.3) is 0 Å². The second kappa shape index (κ2) is 10.4. The van der Waals surface area contributed by atoms with Gasteiger partial charge in [-0.05, 0) is 93.0 Å². The monoisotopic (exact) mass is 515 g/mol. The number of thioether (sulfide) groups is 1. The highest BCUT2D eigenvalue weighted by molar-refractivity contribution is 8.00. The van der Waals surface area contributed by atoms with Crippen molar-refractivity contribution in [3.8, 4) is 0 Å². The van der Waals surface area contributed by atoms with Gasteiger partial charge in [0.15, 0.2) is 0 Å². The third-order valence-corrected chi connectivity index (χ3v) is 11.0. The molecule has 0 amide bonds. The van der Waals surface area contributed by atoms with Crippen LogP contribution in [0, 0.1) is 29.5 Å². The molecule has 5 rings (SSSR count). The Hall–Kier alpha value is -1.37. The van der Waals surface area contributed by atoms with Crippen LogP contribution in [0.5, 0.6) is 0 Å². The summed E-state index contributed by atoms with van der Waals surface area (Å²) >= 11 is 1.92. The maximum absolute atomic E-state index is 13.3. The van der Waals surface area contributed by atoms with Crippen LogP contribution in [0.1, 0.15) is 72.6 Å². The van der Waals surface area contributed by atoms with Gasteiger partial charge in [-0.1, -0.05) is 19.9 Å². The van der Waals surface area contributed by atoms with Gasteiger partial charge in [0.25, 0.3) is 0 Å². The number of piperidine rings is 1. The minimum absolute atomic E-state index is 0.118. The Labute approximate surface area is 220 Å². The number of hydrogen-bond acceptors (Lipinski definition) is 5. The summed E-state index contributed by atoms with van der Waals surface area (Å²) in [5, 5.41) is 12.5. The number of aliphatic hydroxyl groups is 1. The first-order valence-electron chi connectivity index (χ1n) is 13.9. The van der Waals surface area contributed by atoms with Gasteiger partial charge < -0.3 is 9.84 Å². The molecule has 8 atom stereocenters. The second-order valence-electron chi connectivity index (χ2n) is 12.1. The summed E-state index contributed by atoms with van der Waals surface area (Å²) in [7, 11) is 0. The summed E-state index contributed by atoms with van der Waals surface area (Å²) in [6, 6.07) is 8.21. The number of nitrogens with zero attached hydrogens (tertiary/aromatic N) is 1. The maximum Gasteiger partial charge on any atom is 0.303 e. The number of ether oxygens (including phenoxy) is 1. The average Bonchev–Trinajstić information content (AvgIpc) is 3.04. The summed E-state index contributed by atoms with van der Waals surface area (Å²) in [5.74, 6) is 0.797. The van der Waals surface area contributed by atoms with E-state index < -0.39 is 5.60 Å². The number of halogens is 1. The van der Waals surface area contributed by atoms with Gasteiger partial charge in [-0.25, -0.2) is 4.39 Å². The number of rotatable bonds is 6. The molecule has 1 aromatic carbocycles. The van der Waals surface area contributed by atoms with Crippen LogP contribution in [0.3, 0.4) is 0 Å². The van der Waals surface area contributed by atoms with Crippen LogP contribution in [0.4, 0.5) is 4.39 Å². The molecule has 2 unspecified atom stereocenters. The Morgan fingerprint density at radius 3 is 2.50 bits per heavy atom. The van der Waals surface area contributed by atoms with E-state index in [1.165, 1.54) is 37.5 Å². The molecule has 2 aliphatic heterocycles. The molecule has 1 aromatic rings. The van der Waals surface area contributed by atoms with Gasteiger partial charge in [0.2, 0.25) is 0 Å². The van der Waals surface area contributed by atoms with E-state index in [9.17, 15) is 14.3 Å². The van der Waals surface area contributed by atoms with E-state index in [1.807, 2.05) is 23.9 Å². The Morgan fingerprint density at radius 2 is 1.86 bits per heavy atom. The smallest absolute Gasteiger partial charge is 0.303 e. The molecule has 2 heterocycles. The third-order valence-electron chi connectivity index (χ3n) is 9.78. The normalized spacial score (nSPS) is 39.3. The molecule has 198 valence electrons. The van der Waals surface area contributed by atoms with Gasteiger partial charge in [0.05, 0.1) is 5.60 Å². The lowest BCUT2D eigenvalue weighted by atomic mass is 9.57. The number of hydrogen-bond donors (Lipinski definition) is 1. The van der Waals surface area contributed by atoms with Crippen molar-refractivity contribution in [1.82, 2.24) is 4.90 Å². The highest BCUT2D eigenvalue weighted by Crippen LogP contribution is 2.52. The van der Waals surface area contributed by atoms with Gasteiger partial charge in [-0.2, -0.15) is 0 Å². The second-order valence-corrected chi connectivity index (χ2v) is 13.5. The van der Waals surface area contributed by atoms with Crippen LogP contribution >= 0.6 is 11.8 Å². The van der Waals surface area contributed by atoms with Crippen LogP contribution in [-0.4, -0.2) is 51.6 Å². The first-order valence-corrected chi connectivity index (χ1v) is 14.8. The van der Waals surface area contributed by atoms with Crippen LogP contribution in [-0.2, 0) is 9.53 Å². The Morgan fingerprint density at radius 1 is 1.19 bits per heavy atom. The molecule has 1 N–H and O–H groups in total. The van der Waals surface area contributed by atoms with E-state index in [2.05, 4.69) is 31.7 Å². The fourth-order valence-electron chi connectivity index (χ4n) is 7.79. The lowest BCUT2D eigenvalue weighted by molar-refractivity contribution is -0.159. The predicted octanol–water partition coefficient (Wildman–Crippen LogP) is 6.22. The van der Waals surface area contributed by atoms with E-state index in [1.54, 1.807) is 12.1 Å². The third kappa shape index (κ3) is 5.15. The zero-order chi connectivity index (χ0) is 25.6. The molecule has 4 nitrogen and oxygen atoms in total. The predicted molar refractivity (Wildman–Crippen MR) is 142 cm³/mol. The van der Waals surface area contributed by atoms with Crippen molar-refractivity contribution in [2.75, 3.05) is 6.54 Å². The molecular weight excluding hydrogens is 473 g/mol. The molecule has 3 fully saturated rings. The summed E-state index contributed by atoms with van der Waals surface area (Å²) < 4.78 is 18.9. The fraction of sp³-hybridized carbons (Fsp3) is 0.700. The van der Waals surface area contributed by atoms with Crippen molar-refractivity contribution in [2.45, 2.75) is 107 Å². The van der Waals surface area contributed by atoms with Crippen LogP contribution in [0.2, 0.25) is 0 Å². The molecule has 6 heteroatoms. The summed E-state index contributed by atoms with van der Waals surface area (Å²) in [5.41, 5.74) is 0.277. The van der Waals surface area contributed by atoms with Gasteiger partial charge in [0, 0.05) is 48.0 Å². The molecule has 0 aromatic heterocycles. The number of carbonyl (C=O) groups excluding carboxylic acids is 1. The van der Waals surface area contributed by atoms with Crippen molar-refractivity contribution in [1.29, 1.82) is 0 Å². The summed E-state index contributed by atoms with van der Waals surface area (Å²) in [4.78, 5) is 15.6. The molecule has 0 radical (unpaired) electrons. The maximum atomic E-state index is 13.3. The van der Waals surface area contributed by atoms with E-state index in [0.717, 1.165) is 25.0 Å². The number of carbonyl (C=O) groups is 1. The molecule has 4 aliphatic rings. The standard InChI is InChI=1S/C30H42FNO3S/c1-18-13-28-27(12-5-20(3)30(28,34)16-29(18)35-21(4)33)19(2)17-32-23-8-9-24(32)15-26(14-23)36-25-10-6-22(31)7-11-25/h6-7,10-11,13,19-20,23-24,26-29,34H,5,8-9,12,14-17H2,1-4H3/t19-,20-,23?,24?,26?,27+,28-,29-,30-/m1/s1. The van der Waals surface area contributed by atoms with Gasteiger partial charge >= 0.3 is 5.97 Å². The van der Waals surface area contributed by atoms with Gasteiger partial charge in [-0.3, -0.25) is 9.69 Å². The molecule has 2 bridgehead atoms. The number of esters is 1. The first kappa shape index (κ1) is 26.2. The van der Waals surface area contributed by atoms with E-state index in [0.29, 0.717) is 35.6 Å². The number of benzene rings is 1. The minimum atomic E-state index is -0.811. The highest BCUT2D eigenvalue weighted by Gasteiger charge is 2.53. The molecule has 0 spiro atoms. The minimum Gasteiger partial charge on any atom is -0.458 e. The average molecular weight is 516 g/mol. The molecule has 2 aliphatic carbocycles. The van der Waals surface area contributed by atoms with Gasteiger partial charge in [0.1, 0.15) is 11.9 Å². The van der Waals surface area contributed by atoms with Crippen molar-refractivity contribution < 1.29 is 19.0 Å². The highest BCUT2D eigenvalue weighted by atomic mass is 32.2. The quantitative estimate of drug-likeness (QED) is 0.360. The van der Waals surface area contributed by atoms with Crippen molar-refractivity contribution >= 4 is 17.7 Å². The van der Waals surface area contributed by atoms with Gasteiger partial charge in [-0.15, -0.1) is 11.8 Å². The van der Waals surface area contributed by atoms with E-state index in [4.69, 9.17) is 4.74 Å².